The van der Waals surface area contributed by atoms with E-state index in [-0.39, 0.29) is 23.9 Å². The zero-order valence-corrected chi connectivity index (χ0v) is 28.4. The number of ether oxygens (including phenoxy) is 1. The molecule has 2 amide bonds. The zero-order chi connectivity index (χ0) is 33.9. The summed E-state index contributed by atoms with van der Waals surface area (Å²) in [5.74, 6) is 0.710. The molecule has 252 valence electrons. The molecule has 3 aromatic heterocycles. The van der Waals surface area contributed by atoms with E-state index in [1.54, 1.807) is 11.6 Å². The Hall–Kier alpha value is -4.55. The molecule has 2 aromatic carbocycles. The first-order chi connectivity index (χ1) is 23.9. The minimum absolute atomic E-state index is 0.0995. The van der Waals surface area contributed by atoms with Gasteiger partial charge in [0.2, 0.25) is 17.7 Å². The molecule has 11 nitrogen and oxygen atoms in total. The maximum atomic E-state index is 11.5. The first-order valence-electron chi connectivity index (χ1n) is 16.3. The second-order valence-corrected chi connectivity index (χ2v) is 13.1. The molecule has 2 atom stereocenters. The summed E-state index contributed by atoms with van der Waals surface area (Å²) in [5.41, 5.74) is 6.92. The van der Waals surface area contributed by atoms with Crippen molar-refractivity contribution in [2.45, 2.75) is 50.9 Å². The van der Waals surface area contributed by atoms with Gasteiger partial charge in [-0.05, 0) is 25.0 Å². The summed E-state index contributed by atoms with van der Waals surface area (Å²) in [7, 11) is 1.60. The molecule has 2 aliphatic heterocycles. The number of hydrogen-bond donors (Lipinski definition) is 4. The lowest BCUT2D eigenvalue weighted by Gasteiger charge is -2.15. The topological polar surface area (TPSA) is 135 Å². The Balaban J connectivity index is 1.09. The van der Waals surface area contributed by atoms with Gasteiger partial charge in [-0.15, -0.1) is 0 Å². The van der Waals surface area contributed by atoms with E-state index < -0.39 is 0 Å². The van der Waals surface area contributed by atoms with Crippen LogP contribution in [0.2, 0.25) is 10.0 Å². The highest BCUT2D eigenvalue weighted by Gasteiger charge is 2.22. The van der Waals surface area contributed by atoms with Crippen molar-refractivity contribution in [2.24, 2.45) is 0 Å². The SMILES string of the molecule is COc1nc(-c2cccc(-c3cccc(-c4ccn5nc(CNC[C@@H]6CCC(=O)N6)cc5n4)c3Cl)c2Cl)ccc1CNC[C@@H]1CCC(=O)N1. The van der Waals surface area contributed by atoms with Crippen LogP contribution in [0.1, 0.15) is 36.9 Å². The van der Waals surface area contributed by atoms with Crippen molar-refractivity contribution in [3.63, 3.8) is 0 Å². The average molecular weight is 700 g/mol. The molecule has 49 heavy (non-hydrogen) atoms. The fourth-order valence-electron chi connectivity index (χ4n) is 6.39. The fraction of sp³-hybridized carbons (Fsp3) is 0.306. The number of pyridine rings is 1. The molecule has 2 fully saturated rings. The van der Waals surface area contributed by atoms with Crippen LogP contribution >= 0.6 is 23.2 Å². The molecule has 4 N–H and O–H groups in total. The van der Waals surface area contributed by atoms with E-state index in [2.05, 4.69) is 26.4 Å². The minimum atomic E-state index is 0.0995. The Labute approximate surface area is 293 Å². The van der Waals surface area contributed by atoms with Gasteiger partial charge in [0.05, 0.1) is 34.2 Å². The van der Waals surface area contributed by atoms with Crippen molar-refractivity contribution < 1.29 is 14.3 Å². The molecule has 5 heterocycles. The molecule has 13 heteroatoms. The standard InChI is InChI=1S/C36H36Cl2N8O3/c1-49-36-21(17-39-18-22-9-12-32(47)41-22)8-11-29(44-36)27-6-2-4-25(34(27)37)26-5-3-7-28(35(26)38)30-14-15-46-31(43-30)16-24(45-46)20-40-19-23-10-13-33(48)42-23/h2-8,11,14-16,22-23,39-40H,9-10,12-13,17-20H2,1H3,(H,41,47)(H,42,48)/t22-,23-/m0/s1. The third-order valence-corrected chi connectivity index (χ3v) is 9.73. The van der Waals surface area contributed by atoms with Gasteiger partial charge in [-0.2, -0.15) is 5.10 Å². The van der Waals surface area contributed by atoms with Crippen LogP contribution in [0, 0.1) is 0 Å². The number of nitrogens with zero attached hydrogens (tertiary/aromatic N) is 4. The fourth-order valence-corrected chi connectivity index (χ4v) is 7.04. The largest absolute Gasteiger partial charge is 0.481 e. The number of rotatable bonds is 12. The highest BCUT2D eigenvalue weighted by Crippen LogP contribution is 2.42. The first kappa shape index (κ1) is 33.0. The number of fused-ring (bicyclic) bond motifs is 1. The molecule has 0 saturated carbocycles. The molecule has 2 aliphatic rings. The Morgan fingerprint density at radius 1 is 0.796 bits per heavy atom. The van der Waals surface area contributed by atoms with E-state index >= 15 is 0 Å². The first-order valence-corrected chi connectivity index (χ1v) is 17.1. The van der Waals surface area contributed by atoms with Gasteiger partial charge in [-0.1, -0.05) is 65.7 Å². The minimum Gasteiger partial charge on any atom is -0.481 e. The van der Waals surface area contributed by atoms with Crippen molar-refractivity contribution >= 4 is 40.7 Å². The normalized spacial score (nSPS) is 17.4. The third kappa shape index (κ3) is 7.25. The van der Waals surface area contributed by atoms with Gasteiger partial charge in [0, 0.05) is 91.2 Å². The number of carbonyl (C=O) groups is 2. The monoisotopic (exact) mass is 698 g/mol. The number of halogens is 2. The van der Waals surface area contributed by atoms with E-state index in [9.17, 15) is 9.59 Å². The van der Waals surface area contributed by atoms with E-state index in [0.717, 1.165) is 46.4 Å². The van der Waals surface area contributed by atoms with Gasteiger partial charge in [-0.25, -0.2) is 14.5 Å². The van der Waals surface area contributed by atoms with Crippen LogP contribution in [0.3, 0.4) is 0 Å². The highest BCUT2D eigenvalue weighted by atomic mass is 35.5. The summed E-state index contributed by atoms with van der Waals surface area (Å²) in [6.07, 6.45) is 4.71. The average Bonchev–Trinajstić information content (AvgIpc) is 3.84. The number of aromatic nitrogens is 4. The van der Waals surface area contributed by atoms with Gasteiger partial charge in [-0.3, -0.25) is 9.59 Å². The molecule has 7 rings (SSSR count). The lowest BCUT2D eigenvalue weighted by atomic mass is 9.98. The van der Waals surface area contributed by atoms with Gasteiger partial charge >= 0.3 is 0 Å². The second-order valence-electron chi connectivity index (χ2n) is 12.3. The van der Waals surface area contributed by atoms with Gasteiger partial charge in [0.25, 0.3) is 0 Å². The van der Waals surface area contributed by atoms with Crippen molar-refractivity contribution in [2.75, 3.05) is 20.2 Å². The number of methoxy groups -OCH3 is 1. The lowest BCUT2D eigenvalue weighted by Crippen LogP contribution is -2.35. The van der Waals surface area contributed by atoms with Gasteiger partial charge < -0.3 is 26.0 Å². The summed E-state index contributed by atoms with van der Waals surface area (Å²) in [4.78, 5) is 32.6. The summed E-state index contributed by atoms with van der Waals surface area (Å²) >= 11 is 14.2. The molecular formula is C36H36Cl2N8O3. The molecule has 0 spiro atoms. The van der Waals surface area contributed by atoms with E-state index in [1.165, 1.54) is 0 Å². The highest BCUT2D eigenvalue weighted by molar-refractivity contribution is 6.39. The third-order valence-electron chi connectivity index (χ3n) is 8.92. The van der Waals surface area contributed by atoms with Crippen LogP contribution in [0.25, 0.3) is 39.3 Å². The smallest absolute Gasteiger partial charge is 0.220 e. The zero-order valence-electron chi connectivity index (χ0n) is 26.9. The number of hydrogen-bond acceptors (Lipinski definition) is 8. The number of nitrogens with one attached hydrogen (secondary N) is 4. The van der Waals surface area contributed by atoms with Crippen LogP contribution in [-0.2, 0) is 22.7 Å². The number of amides is 2. The summed E-state index contributed by atoms with van der Waals surface area (Å²) in [6, 6.07) is 19.7. The Morgan fingerprint density at radius 3 is 1.98 bits per heavy atom. The van der Waals surface area contributed by atoms with Crippen molar-refractivity contribution in [1.29, 1.82) is 0 Å². The maximum Gasteiger partial charge on any atom is 0.220 e. The predicted molar refractivity (Wildman–Crippen MR) is 189 cm³/mol. The van der Waals surface area contributed by atoms with Crippen LogP contribution in [-0.4, -0.2) is 63.7 Å². The van der Waals surface area contributed by atoms with Crippen molar-refractivity contribution in [3.8, 4) is 39.5 Å². The van der Waals surface area contributed by atoms with Crippen LogP contribution < -0.4 is 26.0 Å². The summed E-state index contributed by atoms with van der Waals surface area (Å²) in [5, 5.41) is 18.4. The summed E-state index contributed by atoms with van der Waals surface area (Å²) in [6.45, 7) is 2.49. The Morgan fingerprint density at radius 2 is 1.39 bits per heavy atom. The predicted octanol–water partition coefficient (Wildman–Crippen LogP) is 5.18. The molecule has 0 bridgehead atoms. The molecule has 0 radical (unpaired) electrons. The van der Waals surface area contributed by atoms with Crippen LogP contribution in [0.15, 0.2) is 66.9 Å². The van der Waals surface area contributed by atoms with Gasteiger partial charge in [0.1, 0.15) is 0 Å². The summed E-state index contributed by atoms with van der Waals surface area (Å²) < 4.78 is 7.39. The van der Waals surface area contributed by atoms with E-state index in [1.807, 2.05) is 66.9 Å². The van der Waals surface area contributed by atoms with Crippen molar-refractivity contribution in [1.82, 2.24) is 40.8 Å². The number of carbonyl (C=O) groups excluding carboxylic acids is 2. The van der Waals surface area contributed by atoms with E-state index in [4.69, 9.17) is 37.9 Å². The number of benzene rings is 2. The molecule has 5 aromatic rings. The van der Waals surface area contributed by atoms with Crippen molar-refractivity contribution in [3.05, 3.63) is 88.2 Å². The molecule has 0 aliphatic carbocycles. The molecule has 0 unspecified atom stereocenters. The van der Waals surface area contributed by atoms with Crippen LogP contribution in [0.4, 0.5) is 0 Å². The van der Waals surface area contributed by atoms with Gasteiger partial charge in [0.15, 0.2) is 5.65 Å². The molecular weight excluding hydrogens is 663 g/mol. The Bertz CT molecular complexity index is 2030. The maximum absolute atomic E-state index is 11.5. The Kier molecular flexibility index (Phi) is 9.77. The quantitative estimate of drug-likeness (QED) is 0.140. The van der Waals surface area contributed by atoms with Crippen LogP contribution in [0.5, 0.6) is 5.88 Å². The second kappa shape index (κ2) is 14.5. The molecule has 2 saturated heterocycles. The van der Waals surface area contributed by atoms with E-state index in [0.29, 0.717) is 72.0 Å². The lowest BCUT2D eigenvalue weighted by molar-refractivity contribution is -0.120.